The molecule has 0 bridgehead atoms. The van der Waals surface area contributed by atoms with Gasteiger partial charge in [-0.15, -0.1) is 17.9 Å². The first-order valence-electron chi connectivity index (χ1n) is 8.48. The maximum Gasteiger partial charge on any atom is 0.552 e. The first kappa shape index (κ1) is 46.9. The van der Waals surface area contributed by atoms with Crippen LogP contribution in [0.25, 0.3) is 12.2 Å². The molecule has 3 rings (SSSR count). The zero-order valence-electron chi connectivity index (χ0n) is 18.2. The summed E-state index contributed by atoms with van der Waals surface area (Å²) in [5.41, 5.74) is 0.576. The van der Waals surface area contributed by atoms with Crippen LogP contribution in [0.5, 0.6) is 11.5 Å². The summed E-state index contributed by atoms with van der Waals surface area (Å²) < 4.78 is 32.3. The molecule has 0 aromatic heterocycles. The monoisotopic (exact) mass is 1130 g/mol. The molecule has 0 amide bonds. The van der Waals surface area contributed by atoms with E-state index in [0.29, 0.717) is 20.3 Å². The second-order valence-electron chi connectivity index (χ2n) is 5.47. The van der Waals surface area contributed by atoms with E-state index in [4.69, 9.17) is 9.68 Å². The van der Waals surface area contributed by atoms with E-state index in [1.54, 1.807) is 25.1 Å². The Morgan fingerprint density at radius 2 is 1.49 bits per heavy atom. The Morgan fingerprint density at radius 3 is 2.00 bits per heavy atom. The molecule has 3 nitrogen and oxygen atoms in total. The molecule has 2 N–H and O–H groups in total. The summed E-state index contributed by atoms with van der Waals surface area (Å²) in [6.07, 6.45) is 4.70. The molecule has 6 unspecified atom stereocenters. The minimum atomic E-state index is -0.979. The van der Waals surface area contributed by atoms with Crippen molar-refractivity contribution in [2.45, 2.75) is 6.92 Å². The van der Waals surface area contributed by atoms with Gasteiger partial charge >= 0.3 is 7.12 Å². The third-order valence-electron chi connectivity index (χ3n) is 3.42. The van der Waals surface area contributed by atoms with Gasteiger partial charge in [-0.05, 0) is 69.0 Å². The van der Waals surface area contributed by atoms with Crippen LogP contribution in [-0.4, -0.2) is 17.2 Å². The van der Waals surface area contributed by atoms with Gasteiger partial charge in [-0.2, -0.15) is 0 Å². The predicted molar refractivity (Wildman–Crippen MR) is 155 cm³/mol. The molecular weight excluding hydrogens is 1110 g/mol. The number of allylic oxidation sites excluding steroid dienone is 1. The van der Waals surface area contributed by atoms with Crippen LogP contribution in [0.2, 0.25) is 0 Å². The number of phenolic OH excluding ortho intramolecular Hbond substituents is 1. The standard InChI is InChI=1S/C9H8BrFO.C8H5BBrFO2.Ir.H8P6.3Y/c1-2-3-6-8(12)5-4-7(10)9(6)11;10-6-1-2-7-5(8(6)11)3-4-9(12)13-7;;1-3-5-6-4-2;;;/h2-5,12H,1H3;1-4,12H;;3-6H,1-2H2;;;/b3-2+;;;;;;. The van der Waals surface area contributed by atoms with Crippen molar-refractivity contribution in [3.8, 4) is 11.5 Å². The summed E-state index contributed by atoms with van der Waals surface area (Å²) in [5.74, 6) is 0.885. The van der Waals surface area contributed by atoms with E-state index in [1.807, 2.05) is 0 Å². The average molecular weight is 1130 g/mol. The van der Waals surface area contributed by atoms with E-state index >= 15 is 0 Å². The number of fused-ring (bicyclic) bond motifs is 1. The molecule has 35 heavy (non-hydrogen) atoms. The van der Waals surface area contributed by atoms with Gasteiger partial charge in [-0.3, -0.25) is 0 Å². The summed E-state index contributed by atoms with van der Waals surface area (Å²) in [5, 5.41) is 18.3. The molecule has 2 aromatic rings. The average Bonchev–Trinajstić information content (AvgIpc) is 2.76. The number of phenols is 1. The van der Waals surface area contributed by atoms with Crippen LogP contribution in [-0.2, 0) is 118 Å². The summed E-state index contributed by atoms with van der Waals surface area (Å²) >= 11 is 6.09. The fourth-order valence-electron chi connectivity index (χ4n) is 2.11. The molecule has 0 spiro atoms. The Balaban J connectivity index is -0.000000206. The number of rotatable bonds is 4. The number of halogens is 4. The van der Waals surface area contributed by atoms with Crippen LogP contribution in [0.1, 0.15) is 18.1 Å². The molecule has 0 fully saturated rings. The van der Waals surface area contributed by atoms with E-state index in [9.17, 15) is 13.9 Å². The van der Waals surface area contributed by atoms with Gasteiger partial charge < -0.3 is 14.8 Å². The van der Waals surface area contributed by atoms with Crippen LogP contribution in [0.3, 0.4) is 0 Å². The second kappa shape index (κ2) is 27.7. The third-order valence-corrected chi connectivity index (χ3v) is 21.2. The Kier molecular flexibility index (Phi) is 37.1. The largest absolute Gasteiger partial charge is 0.552 e. The second-order valence-corrected chi connectivity index (χ2v) is 21.2. The molecular formula is C17H21BBr2F2IrO3P6Y3. The fraction of sp³-hybridized carbons (Fsp3) is 0.0588. The number of hydrogen-bond donors (Lipinski definition) is 2. The molecule has 0 saturated carbocycles. The first-order valence-corrected chi connectivity index (χ1v) is 20.7. The number of hydrogen-bond acceptors (Lipinski definition) is 3. The van der Waals surface area contributed by atoms with Crippen molar-refractivity contribution >= 4 is 101 Å². The number of aromatic hydroxyl groups is 1. The molecule has 186 valence electrons. The maximum atomic E-state index is 13.4. The van der Waals surface area contributed by atoms with Crippen molar-refractivity contribution in [3.63, 3.8) is 0 Å². The van der Waals surface area contributed by atoms with Gasteiger partial charge in [0, 0.05) is 118 Å². The van der Waals surface area contributed by atoms with Crippen molar-refractivity contribution in [2.75, 3.05) is 0 Å². The van der Waals surface area contributed by atoms with Gasteiger partial charge in [0.1, 0.15) is 23.1 Å². The molecule has 0 aliphatic carbocycles. The fourth-order valence-corrected chi connectivity index (χ4v) is 20.3. The van der Waals surface area contributed by atoms with E-state index in [2.05, 4.69) is 49.7 Å². The van der Waals surface area contributed by atoms with Gasteiger partial charge in [0.05, 0.1) is 20.1 Å². The maximum absolute atomic E-state index is 13.4. The molecule has 1 aliphatic heterocycles. The predicted octanol–water partition coefficient (Wildman–Crippen LogP) is 8.36. The van der Waals surface area contributed by atoms with Crippen molar-refractivity contribution in [1.82, 2.24) is 0 Å². The molecule has 2 aromatic carbocycles. The Labute approximate surface area is 323 Å². The zero-order valence-corrected chi connectivity index (χ0v) is 38.6. The molecule has 4 radical (unpaired) electrons. The van der Waals surface area contributed by atoms with Gasteiger partial charge in [-0.25, -0.2) is 8.78 Å². The smallest absolute Gasteiger partial charge is 0.532 e. The van der Waals surface area contributed by atoms with Crippen LogP contribution >= 0.6 is 81.5 Å². The molecule has 6 atom stereocenters. The van der Waals surface area contributed by atoms with Gasteiger partial charge in [0.25, 0.3) is 0 Å². The minimum Gasteiger partial charge on any atom is -0.532 e. The van der Waals surface area contributed by atoms with Gasteiger partial charge in [-0.1, -0.05) is 50.1 Å². The van der Waals surface area contributed by atoms with Gasteiger partial charge in [0.15, 0.2) is 0 Å². The van der Waals surface area contributed by atoms with Crippen molar-refractivity contribution in [3.05, 3.63) is 68.0 Å². The zero-order chi connectivity index (χ0) is 23.4. The normalized spacial score (nSPS) is 11.8. The minimum absolute atomic E-state index is 0. The number of benzene rings is 2. The van der Waals surface area contributed by atoms with Gasteiger partial charge in [0.2, 0.25) is 0 Å². The Hall–Kier alpha value is 4.91. The summed E-state index contributed by atoms with van der Waals surface area (Å²) in [6, 6.07) is 6.06. The summed E-state index contributed by atoms with van der Waals surface area (Å²) in [7, 11) is 9.24. The van der Waals surface area contributed by atoms with Crippen LogP contribution in [0.4, 0.5) is 8.78 Å². The van der Waals surface area contributed by atoms with E-state index in [1.165, 1.54) is 46.2 Å². The van der Waals surface area contributed by atoms with Crippen LogP contribution < -0.4 is 4.65 Å². The molecule has 18 heteroatoms. The Morgan fingerprint density at radius 1 is 0.971 bits per heavy atom. The third kappa shape index (κ3) is 18.2. The summed E-state index contributed by atoms with van der Waals surface area (Å²) in [4.78, 5) is 0. The van der Waals surface area contributed by atoms with Crippen molar-refractivity contribution in [1.29, 1.82) is 0 Å². The van der Waals surface area contributed by atoms with E-state index < -0.39 is 12.9 Å². The van der Waals surface area contributed by atoms with E-state index in [0.717, 1.165) is 15.9 Å². The topological polar surface area (TPSA) is 49.7 Å². The first-order chi connectivity index (χ1) is 14.8. The molecule has 1 aliphatic rings. The van der Waals surface area contributed by atoms with Crippen LogP contribution in [0, 0.1) is 11.6 Å². The molecule has 1 heterocycles. The summed E-state index contributed by atoms with van der Waals surface area (Å²) in [6.45, 7) is 1.76. The quantitative estimate of drug-likeness (QED) is 0.184. The Bertz CT molecular complexity index is 941. The van der Waals surface area contributed by atoms with Crippen molar-refractivity contribution in [2.24, 2.45) is 0 Å². The van der Waals surface area contributed by atoms with E-state index in [-0.39, 0.29) is 135 Å². The molecule has 0 saturated heterocycles. The van der Waals surface area contributed by atoms with Crippen molar-refractivity contribution < 1.29 is 142 Å². The van der Waals surface area contributed by atoms with Crippen LogP contribution in [0.15, 0.2) is 45.3 Å². The SMILES string of the molecule is C/C=C/c1c(O)ccc(Br)c1F.OB1C=Cc2c(ccc(Br)c2F)O1.PPPPPP.[Ir].[Y].[Y].[Y].